The van der Waals surface area contributed by atoms with E-state index in [1.54, 1.807) is 39.0 Å². The Morgan fingerprint density at radius 3 is 2.58 bits per heavy atom. The summed E-state index contributed by atoms with van der Waals surface area (Å²) < 4.78 is 5.58. The lowest BCUT2D eigenvalue weighted by molar-refractivity contribution is -0.135. The van der Waals surface area contributed by atoms with Crippen LogP contribution in [0.4, 0.5) is 4.79 Å². The van der Waals surface area contributed by atoms with Crippen molar-refractivity contribution in [2.45, 2.75) is 84.5 Å². The van der Waals surface area contributed by atoms with E-state index in [2.05, 4.69) is 5.32 Å². The molecule has 0 bridgehead atoms. The molecule has 2 atom stereocenters. The molecule has 2 N–H and O–H groups in total. The fourth-order valence-corrected chi connectivity index (χ4v) is 4.31. The Morgan fingerprint density at radius 1 is 1.21 bits per heavy atom. The Balaban J connectivity index is 1.81. The fourth-order valence-electron chi connectivity index (χ4n) is 4.31. The molecule has 0 spiro atoms. The predicted octanol–water partition coefficient (Wildman–Crippen LogP) is 3.21. The van der Waals surface area contributed by atoms with Gasteiger partial charge in [0.2, 0.25) is 11.8 Å². The van der Waals surface area contributed by atoms with E-state index in [0.29, 0.717) is 25.9 Å². The van der Waals surface area contributed by atoms with Crippen LogP contribution < -0.4 is 5.32 Å². The van der Waals surface area contributed by atoms with Gasteiger partial charge in [-0.05, 0) is 62.8 Å². The van der Waals surface area contributed by atoms with Gasteiger partial charge in [-0.2, -0.15) is 0 Å². The molecule has 0 radical (unpaired) electrons. The number of nitrogens with zero attached hydrogens (tertiary/aromatic N) is 2. The number of phenols is 1. The van der Waals surface area contributed by atoms with E-state index in [4.69, 9.17) is 4.74 Å². The predicted molar refractivity (Wildman–Crippen MR) is 125 cm³/mol. The number of benzene rings is 1. The Labute approximate surface area is 196 Å². The molecule has 2 aliphatic heterocycles. The first-order valence-electron chi connectivity index (χ1n) is 11.8. The van der Waals surface area contributed by atoms with Gasteiger partial charge in [0.1, 0.15) is 17.4 Å². The molecule has 1 aromatic rings. The summed E-state index contributed by atoms with van der Waals surface area (Å²) in [6.07, 6.45) is 2.20. The molecule has 0 unspecified atom stereocenters. The van der Waals surface area contributed by atoms with Gasteiger partial charge < -0.3 is 20.1 Å². The van der Waals surface area contributed by atoms with Crippen molar-refractivity contribution in [1.82, 2.24) is 15.1 Å². The lowest BCUT2D eigenvalue weighted by atomic mass is 9.92. The fraction of sp³-hybridized carbons (Fsp3) is 0.640. The van der Waals surface area contributed by atoms with E-state index in [-0.39, 0.29) is 36.1 Å². The van der Waals surface area contributed by atoms with Gasteiger partial charge in [0.05, 0.1) is 6.54 Å². The molecule has 3 rings (SSSR count). The molecule has 0 aliphatic carbocycles. The first-order chi connectivity index (χ1) is 15.4. The first-order valence-corrected chi connectivity index (χ1v) is 11.8. The van der Waals surface area contributed by atoms with Crippen LogP contribution in [0.1, 0.15) is 65.0 Å². The SMILES string of the molecule is CC(C)[C@@H](CN1CCCCC1=O)NC(=O)[C@H]1Cc2ccc(O)cc2CN1C(=O)OC(C)(C)C. The molecule has 1 aromatic carbocycles. The third-order valence-electron chi connectivity index (χ3n) is 6.22. The van der Waals surface area contributed by atoms with Crippen molar-refractivity contribution in [1.29, 1.82) is 0 Å². The summed E-state index contributed by atoms with van der Waals surface area (Å²) in [6, 6.07) is 4.05. The third kappa shape index (κ3) is 6.39. The molecule has 8 heteroatoms. The van der Waals surface area contributed by atoms with Gasteiger partial charge in [0, 0.05) is 32.0 Å². The lowest BCUT2D eigenvalue weighted by Crippen LogP contribution is -2.57. The van der Waals surface area contributed by atoms with E-state index in [9.17, 15) is 19.5 Å². The largest absolute Gasteiger partial charge is 0.508 e. The maximum atomic E-state index is 13.5. The zero-order chi connectivity index (χ0) is 24.3. The Bertz CT molecular complexity index is 893. The lowest BCUT2D eigenvalue weighted by Gasteiger charge is -2.38. The minimum absolute atomic E-state index is 0.117. The van der Waals surface area contributed by atoms with Crippen molar-refractivity contribution < 1.29 is 24.2 Å². The number of nitrogens with one attached hydrogen (secondary N) is 1. The van der Waals surface area contributed by atoms with Gasteiger partial charge >= 0.3 is 6.09 Å². The highest BCUT2D eigenvalue weighted by molar-refractivity contribution is 5.87. The van der Waals surface area contributed by atoms with Crippen LogP contribution in [0.2, 0.25) is 0 Å². The van der Waals surface area contributed by atoms with Crippen LogP contribution in [-0.2, 0) is 27.3 Å². The minimum Gasteiger partial charge on any atom is -0.508 e. The maximum Gasteiger partial charge on any atom is 0.411 e. The summed E-state index contributed by atoms with van der Waals surface area (Å²) in [5, 5.41) is 13.0. The number of fused-ring (bicyclic) bond motifs is 1. The zero-order valence-electron chi connectivity index (χ0n) is 20.4. The standard InChI is InChI=1S/C25H37N3O5/c1-16(2)20(15-27-11-7-6-8-22(27)30)26-23(31)21-13-17-9-10-19(29)12-18(17)14-28(21)24(32)33-25(3,4)5/h9-10,12,16,20-21,29H,6-8,11,13-15H2,1-5H3,(H,26,31)/t20-,21-/m1/s1. The van der Waals surface area contributed by atoms with Crippen LogP contribution in [0.25, 0.3) is 0 Å². The van der Waals surface area contributed by atoms with Crippen molar-refractivity contribution in [3.05, 3.63) is 29.3 Å². The molecular weight excluding hydrogens is 422 g/mol. The number of aromatic hydroxyl groups is 1. The summed E-state index contributed by atoms with van der Waals surface area (Å²) in [6.45, 7) is 10.7. The summed E-state index contributed by atoms with van der Waals surface area (Å²) >= 11 is 0. The maximum absolute atomic E-state index is 13.5. The number of hydrogen-bond donors (Lipinski definition) is 2. The molecular formula is C25H37N3O5. The summed E-state index contributed by atoms with van der Waals surface area (Å²) in [5.74, 6) is 0.101. The van der Waals surface area contributed by atoms with Gasteiger partial charge in [-0.25, -0.2) is 4.79 Å². The number of rotatable bonds is 5. The van der Waals surface area contributed by atoms with Crippen molar-refractivity contribution in [2.24, 2.45) is 5.92 Å². The van der Waals surface area contributed by atoms with Gasteiger partial charge in [-0.3, -0.25) is 14.5 Å². The quantitative estimate of drug-likeness (QED) is 0.704. The number of likely N-dealkylation sites (tertiary alicyclic amines) is 1. The molecule has 8 nitrogen and oxygen atoms in total. The van der Waals surface area contributed by atoms with E-state index in [0.717, 1.165) is 24.0 Å². The van der Waals surface area contributed by atoms with Crippen molar-refractivity contribution in [3.8, 4) is 5.75 Å². The Kier molecular flexibility index (Phi) is 7.55. The van der Waals surface area contributed by atoms with Crippen LogP contribution in [0.3, 0.4) is 0 Å². The minimum atomic E-state index is -0.741. The number of piperidine rings is 1. The number of carbonyl (C=O) groups excluding carboxylic acids is 3. The molecule has 0 saturated carbocycles. The van der Waals surface area contributed by atoms with Crippen molar-refractivity contribution in [2.75, 3.05) is 13.1 Å². The van der Waals surface area contributed by atoms with Gasteiger partial charge in [0.15, 0.2) is 0 Å². The first kappa shape index (κ1) is 24.9. The van der Waals surface area contributed by atoms with E-state index in [1.165, 1.54) is 4.90 Å². The van der Waals surface area contributed by atoms with Crippen LogP contribution in [0.5, 0.6) is 5.75 Å². The van der Waals surface area contributed by atoms with Gasteiger partial charge in [-0.15, -0.1) is 0 Å². The molecule has 2 aliphatic rings. The van der Waals surface area contributed by atoms with Gasteiger partial charge in [0.25, 0.3) is 0 Å². The molecule has 33 heavy (non-hydrogen) atoms. The van der Waals surface area contributed by atoms with Crippen molar-refractivity contribution >= 4 is 17.9 Å². The summed E-state index contributed by atoms with van der Waals surface area (Å²) in [4.78, 5) is 42.1. The second-order valence-corrected chi connectivity index (χ2v) is 10.4. The highest BCUT2D eigenvalue weighted by Crippen LogP contribution is 2.28. The highest BCUT2D eigenvalue weighted by Gasteiger charge is 2.38. The van der Waals surface area contributed by atoms with Gasteiger partial charge in [-0.1, -0.05) is 19.9 Å². The monoisotopic (exact) mass is 459 g/mol. The molecule has 1 saturated heterocycles. The molecule has 1 fully saturated rings. The molecule has 2 heterocycles. The molecule has 3 amide bonds. The second-order valence-electron chi connectivity index (χ2n) is 10.4. The highest BCUT2D eigenvalue weighted by atomic mass is 16.6. The Hall–Kier alpha value is -2.77. The topological polar surface area (TPSA) is 99.2 Å². The normalized spacial score (nSPS) is 19.8. The smallest absolute Gasteiger partial charge is 0.411 e. The van der Waals surface area contributed by atoms with Crippen LogP contribution in [0.15, 0.2) is 18.2 Å². The average Bonchev–Trinajstić information content (AvgIpc) is 2.72. The van der Waals surface area contributed by atoms with Crippen LogP contribution >= 0.6 is 0 Å². The Morgan fingerprint density at radius 2 is 1.94 bits per heavy atom. The number of hydrogen-bond acceptors (Lipinski definition) is 5. The molecule has 182 valence electrons. The third-order valence-corrected chi connectivity index (χ3v) is 6.22. The average molecular weight is 460 g/mol. The number of phenolic OH excluding ortho intramolecular Hbond substituents is 1. The number of carbonyl (C=O) groups is 3. The van der Waals surface area contributed by atoms with E-state index >= 15 is 0 Å². The van der Waals surface area contributed by atoms with E-state index in [1.807, 2.05) is 18.7 Å². The summed E-state index contributed by atoms with van der Waals surface area (Å²) in [5.41, 5.74) is 1.01. The number of ether oxygens (including phenoxy) is 1. The second kappa shape index (κ2) is 10.0. The van der Waals surface area contributed by atoms with Crippen LogP contribution in [-0.4, -0.2) is 63.6 Å². The zero-order valence-corrected chi connectivity index (χ0v) is 20.4. The number of amides is 3. The van der Waals surface area contributed by atoms with Crippen LogP contribution in [0, 0.1) is 5.92 Å². The molecule has 0 aromatic heterocycles. The van der Waals surface area contributed by atoms with Crippen molar-refractivity contribution in [3.63, 3.8) is 0 Å². The van der Waals surface area contributed by atoms with E-state index < -0.39 is 17.7 Å². The summed E-state index contributed by atoms with van der Waals surface area (Å²) in [7, 11) is 0.